The minimum Gasteiger partial charge on any atom is -0.310 e. The van der Waals surface area contributed by atoms with Gasteiger partial charge in [0.05, 0.1) is 5.69 Å². The number of benzene rings is 1. The predicted molar refractivity (Wildman–Crippen MR) is 82.9 cm³/mol. The standard InChI is InChI=1S/C16H20ClN3/c1-3-20-10-15(11(2)19-20)12-4-7-16(17)13(8-12)9-18-14-5-6-14/h4,7-8,10,14,18H,3,5-6,9H2,1-2H3. The quantitative estimate of drug-likeness (QED) is 0.908. The molecule has 0 saturated heterocycles. The Balaban J connectivity index is 1.88. The summed E-state index contributed by atoms with van der Waals surface area (Å²) in [6.45, 7) is 5.89. The SMILES string of the molecule is CCn1cc(-c2ccc(Cl)c(CNC3CC3)c2)c(C)n1. The van der Waals surface area contributed by atoms with E-state index >= 15 is 0 Å². The first kappa shape index (κ1) is 13.7. The van der Waals surface area contributed by atoms with Gasteiger partial charge in [0.25, 0.3) is 0 Å². The van der Waals surface area contributed by atoms with Crippen molar-refractivity contribution in [2.45, 2.75) is 45.8 Å². The summed E-state index contributed by atoms with van der Waals surface area (Å²) in [5, 5.41) is 8.86. The van der Waals surface area contributed by atoms with Gasteiger partial charge in [-0.1, -0.05) is 17.7 Å². The van der Waals surface area contributed by atoms with Crippen LogP contribution in [0.2, 0.25) is 5.02 Å². The zero-order chi connectivity index (χ0) is 14.1. The molecule has 1 saturated carbocycles. The lowest BCUT2D eigenvalue weighted by atomic mass is 10.0. The molecule has 106 valence electrons. The van der Waals surface area contributed by atoms with Crippen molar-refractivity contribution in [2.75, 3.05) is 0 Å². The second-order valence-electron chi connectivity index (χ2n) is 5.45. The molecular weight excluding hydrogens is 270 g/mol. The third kappa shape index (κ3) is 2.89. The van der Waals surface area contributed by atoms with Crippen LogP contribution in [0.15, 0.2) is 24.4 Å². The fourth-order valence-corrected chi connectivity index (χ4v) is 2.57. The van der Waals surface area contributed by atoms with Gasteiger partial charge in [0.1, 0.15) is 0 Å². The van der Waals surface area contributed by atoms with Crippen LogP contribution in [0.25, 0.3) is 11.1 Å². The van der Waals surface area contributed by atoms with Crippen LogP contribution in [-0.2, 0) is 13.1 Å². The molecule has 1 heterocycles. The van der Waals surface area contributed by atoms with E-state index in [0.29, 0.717) is 6.04 Å². The minimum atomic E-state index is 0.694. The number of halogens is 1. The third-order valence-corrected chi connectivity index (χ3v) is 4.15. The van der Waals surface area contributed by atoms with Crippen LogP contribution >= 0.6 is 11.6 Å². The summed E-state index contributed by atoms with van der Waals surface area (Å²) in [6.07, 6.45) is 4.69. The van der Waals surface area contributed by atoms with Crippen molar-refractivity contribution in [3.63, 3.8) is 0 Å². The second kappa shape index (κ2) is 5.58. The molecule has 1 aliphatic carbocycles. The summed E-state index contributed by atoms with van der Waals surface area (Å²) >= 11 is 6.30. The highest BCUT2D eigenvalue weighted by molar-refractivity contribution is 6.31. The van der Waals surface area contributed by atoms with E-state index < -0.39 is 0 Å². The Labute approximate surface area is 124 Å². The molecular formula is C16H20ClN3. The summed E-state index contributed by atoms with van der Waals surface area (Å²) in [5.41, 5.74) is 4.62. The van der Waals surface area contributed by atoms with Gasteiger partial charge in [-0.3, -0.25) is 4.68 Å². The van der Waals surface area contributed by atoms with Crippen molar-refractivity contribution < 1.29 is 0 Å². The van der Waals surface area contributed by atoms with E-state index in [4.69, 9.17) is 11.6 Å². The van der Waals surface area contributed by atoms with Gasteiger partial charge in [-0.15, -0.1) is 0 Å². The molecule has 1 fully saturated rings. The Morgan fingerprint density at radius 3 is 2.85 bits per heavy atom. The van der Waals surface area contributed by atoms with Crippen LogP contribution < -0.4 is 5.32 Å². The van der Waals surface area contributed by atoms with E-state index in [9.17, 15) is 0 Å². The number of aryl methyl sites for hydroxylation is 2. The first-order valence-electron chi connectivity index (χ1n) is 7.23. The van der Waals surface area contributed by atoms with Crippen molar-refractivity contribution in [3.8, 4) is 11.1 Å². The molecule has 1 aliphatic rings. The van der Waals surface area contributed by atoms with Crippen LogP contribution in [0.5, 0.6) is 0 Å². The normalized spacial score (nSPS) is 14.8. The molecule has 20 heavy (non-hydrogen) atoms. The van der Waals surface area contributed by atoms with Gasteiger partial charge < -0.3 is 5.32 Å². The molecule has 4 heteroatoms. The number of aromatic nitrogens is 2. The molecule has 0 unspecified atom stereocenters. The van der Waals surface area contributed by atoms with Gasteiger partial charge in [-0.2, -0.15) is 5.10 Å². The molecule has 1 aromatic carbocycles. The Bertz CT molecular complexity index is 614. The van der Waals surface area contributed by atoms with Crippen LogP contribution in [0.3, 0.4) is 0 Å². The van der Waals surface area contributed by atoms with E-state index in [2.05, 4.69) is 42.6 Å². The van der Waals surface area contributed by atoms with E-state index in [1.807, 2.05) is 10.7 Å². The molecule has 0 bridgehead atoms. The van der Waals surface area contributed by atoms with Crippen molar-refractivity contribution in [3.05, 3.63) is 40.7 Å². The van der Waals surface area contributed by atoms with Crippen molar-refractivity contribution in [2.24, 2.45) is 0 Å². The lowest BCUT2D eigenvalue weighted by Crippen LogP contribution is -2.15. The molecule has 1 N–H and O–H groups in total. The van der Waals surface area contributed by atoms with Crippen molar-refractivity contribution >= 4 is 11.6 Å². The monoisotopic (exact) mass is 289 g/mol. The highest BCUT2D eigenvalue weighted by atomic mass is 35.5. The maximum atomic E-state index is 6.30. The van der Waals surface area contributed by atoms with Crippen molar-refractivity contribution in [1.29, 1.82) is 0 Å². The van der Waals surface area contributed by atoms with Gasteiger partial charge in [0, 0.05) is 35.9 Å². The molecule has 0 aliphatic heterocycles. The van der Waals surface area contributed by atoms with Gasteiger partial charge in [0.2, 0.25) is 0 Å². The van der Waals surface area contributed by atoms with Gasteiger partial charge in [-0.05, 0) is 49.9 Å². The molecule has 0 radical (unpaired) electrons. The summed E-state index contributed by atoms with van der Waals surface area (Å²) in [4.78, 5) is 0. The topological polar surface area (TPSA) is 29.9 Å². The van der Waals surface area contributed by atoms with Gasteiger partial charge >= 0.3 is 0 Å². The van der Waals surface area contributed by atoms with Gasteiger partial charge in [-0.25, -0.2) is 0 Å². The van der Waals surface area contributed by atoms with E-state index in [-0.39, 0.29) is 0 Å². The highest BCUT2D eigenvalue weighted by Crippen LogP contribution is 2.28. The first-order valence-corrected chi connectivity index (χ1v) is 7.61. The number of nitrogens with one attached hydrogen (secondary N) is 1. The third-order valence-electron chi connectivity index (χ3n) is 3.79. The minimum absolute atomic E-state index is 0.694. The summed E-state index contributed by atoms with van der Waals surface area (Å²) < 4.78 is 1.97. The Morgan fingerprint density at radius 1 is 1.40 bits per heavy atom. The number of hydrogen-bond donors (Lipinski definition) is 1. The average molecular weight is 290 g/mol. The zero-order valence-electron chi connectivity index (χ0n) is 12.0. The number of hydrogen-bond acceptors (Lipinski definition) is 2. The Morgan fingerprint density at radius 2 is 2.20 bits per heavy atom. The molecule has 0 amide bonds. The van der Waals surface area contributed by atoms with E-state index in [1.165, 1.54) is 29.5 Å². The lowest BCUT2D eigenvalue weighted by molar-refractivity contribution is 0.653. The van der Waals surface area contributed by atoms with Crippen LogP contribution in [-0.4, -0.2) is 15.8 Å². The molecule has 2 aromatic rings. The number of rotatable bonds is 5. The lowest BCUT2D eigenvalue weighted by Gasteiger charge is -2.08. The summed E-state index contributed by atoms with van der Waals surface area (Å²) in [7, 11) is 0. The maximum absolute atomic E-state index is 6.30. The Hall–Kier alpha value is -1.32. The smallest absolute Gasteiger partial charge is 0.0672 e. The average Bonchev–Trinajstić information content (AvgIpc) is 3.20. The van der Waals surface area contributed by atoms with Crippen LogP contribution in [0, 0.1) is 6.92 Å². The van der Waals surface area contributed by atoms with Gasteiger partial charge in [0.15, 0.2) is 0 Å². The van der Waals surface area contributed by atoms with Crippen molar-refractivity contribution in [1.82, 2.24) is 15.1 Å². The fourth-order valence-electron chi connectivity index (χ4n) is 2.38. The predicted octanol–water partition coefficient (Wildman–Crippen LogP) is 3.78. The molecule has 0 spiro atoms. The molecule has 0 atom stereocenters. The highest BCUT2D eigenvalue weighted by Gasteiger charge is 2.20. The fraction of sp³-hybridized carbons (Fsp3) is 0.438. The first-order chi connectivity index (χ1) is 9.67. The molecule has 1 aromatic heterocycles. The zero-order valence-corrected chi connectivity index (χ0v) is 12.7. The molecule has 3 nitrogen and oxygen atoms in total. The largest absolute Gasteiger partial charge is 0.310 e. The van der Waals surface area contributed by atoms with Crippen LogP contribution in [0.4, 0.5) is 0 Å². The summed E-state index contributed by atoms with van der Waals surface area (Å²) in [5.74, 6) is 0. The van der Waals surface area contributed by atoms with Crippen LogP contribution in [0.1, 0.15) is 31.0 Å². The second-order valence-corrected chi connectivity index (χ2v) is 5.85. The molecule has 3 rings (SSSR count). The maximum Gasteiger partial charge on any atom is 0.0672 e. The summed E-state index contributed by atoms with van der Waals surface area (Å²) in [6, 6.07) is 6.94. The Kier molecular flexibility index (Phi) is 3.81. The van der Waals surface area contributed by atoms with E-state index in [0.717, 1.165) is 23.8 Å². The number of nitrogens with zero attached hydrogens (tertiary/aromatic N) is 2. The van der Waals surface area contributed by atoms with E-state index in [1.54, 1.807) is 0 Å².